The van der Waals surface area contributed by atoms with Crippen molar-refractivity contribution in [2.45, 2.75) is 117 Å². The van der Waals surface area contributed by atoms with Gasteiger partial charge in [0, 0.05) is 25.6 Å². The molecule has 0 aromatic carbocycles. The van der Waals surface area contributed by atoms with Gasteiger partial charge in [-0.05, 0) is 65.8 Å². The molecular formula is C26H51NO7. The average Bonchev–Trinajstić information content (AvgIpc) is 2.77. The zero-order valence-electron chi connectivity index (χ0n) is 22.7. The summed E-state index contributed by atoms with van der Waals surface area (Å²) in [5.74, 6) is -0.182. The Bertz CT molecular complexity index is 577. The Kier molecular flexibility index (Phi) is 13.5. The van der Waals surface area contributed by atoms with Crippen molar-refractivity contribution in [1.82, 2.24) is 4.90 Å². The summed E-state index contributed by atoms with van der Waals surface area (Å²) < 4.78 is 17.5. The molecule has 0 amide bonds. The molecule has 1 saturated heterocycles. The summed E-state index contributed by atoms with van der Waals surface area (Å²) in [5, 5.41) is 31.0. The summed E-state index contributed by atoms with van der Waals surface area (Å²) in [6.07, 6.45) is 1.87. The van der Waals surface area contributed by atoms with Crippen LogP contribution in [0.5, 0.6) is 0 Å². The van der Waals surface area contributed by atoms with Crippen LogP contribution in [-0.2, 0) is 19.0 Å². The maximum Gasteiger partial charge on any atom is 0.311 e. The van der Waals surface area contributed by atoms with E-state index in [0.717, 1.165) is 25.8 Å². The van der Waals surface area contributed by atoms with Gasteiger partial charge in [-0.3, -0.25) is 4.79 Å². The van der Waals surface area contributed by atoms with Crippen LogP contribution in [0.25, 0.3) is 0 Å². The molecule has 0 aromatic rings. The van der Waals surface area contributed by atoms with Crippen LogP contribution < -0.4 is 0 Å². The summed E-state index contributed by atoms with van der Waals surface area (Å²) in [4.78, 5) is 14.9. The van der Waals surface area contributed by atoms with Gasteiger partial charge in [-0.15, -0.1) is 0 Å². The highest BCUT2D eigenvalue weighted by molar-refractivity contribution is 5.72. The lowest BCUT2D eigenvalue weighted by molar-refractivity contribution is -0.231. The van der Waals surface area contributed by atoms with Crippen molar-refractivity contribution in [1.29, 1.82) is 0 Å². The van der Waals surface area contributed by atoms with Gasteiger partial charge in [-0.1, -0.05) is 27.2 Å². The minimum atomic E-state index is -1.60. The molecule has 8 heteroatoms. The van der Waals surface area contributed by atoms with E-state index in [1.807, 2.05) is 25.8 Å². The van der Waals surface area contributed by atoms with Crippen LogP contribution in [-0.4, -0.2) is 89.2 Å². The van der Waals surface area contributed by atoms with E-state index in [-0.39, 0.29) is 25.4 Å². The second kappa shape index (κ2) is 14.7. The number of aliphatic hydroxyl groups excluding tert-OH is 2. The highest BCUT2D eigenvalue weighted by Gasteiger charge is 2.39. The fourth-order valence-corrected chi connectivity index (χ4v) is 4.51. The van der Waals surface area contributed by atoms with Gasteiger partial charge in [-0.2, -0.15) is 0 Å². The van der Waals surface area contributed by atoms with Crippen LogP contribution in [0.3, 0.4) is 0 Å². The Morgan fingerprint density at radius 3 is 2.44 bits per heavy atom. The molecule has 1 heterocycles. The topological polar surface area (TPSA) is 109 Å². The predicted octanol–water partition coefficient (Wildman–Crippen LogP) is 2.96. The molecule has 0 spiro atoms. The molecule has 0 aliphatic carbocycles. The smallest absolute Gasteiger partial charge is 0.311 e. The van der Waals surface area contributed by atoms with Gasteiger partial charge in [0.25, 0.3) is 0 Å². The highest BCUT2D eigenvalue weighted by Crippen LogP contribution is 2.28. The zero-order valence-corrected chi connectivity index (χ0v) is 22.7. The Hall–Kier alpha value is -0.770. The van der Waals surface area contributed by atoms with E-state index in [9.17, 15) is 20.1 Å². The van der Waals surface area contributed by atoms with Crippen molar-refractivity contribution >= 4 is 5.97 Å². The Morgan fingerprint density at radius 1 is 1.24 bits per heavy atom. The highest BCUT2D eigenvalue weighted by atomic mass is 16.7. The molecular weight excluding hydrogens is 438 g/mol. The van der Waals surface area contributed by atoms with Gasteiger partial charge in [0.2, 0.25) is 0 Å². The van der Waals surface area contributed by atoms with E-state index in [1.165, 1.54) is 6.92 Å². The van der Waals surface area contributed by atoms with Crippen LogP contribution in [0, 0.1) is 17.8 Å². The van der Waals surface area contributed by atoms with Gasteiger partial charge >= 0.3 is 5.97 Å². The molecule has 1 rings (SSSR count). The lowest BCUT2D eigenvalue weighted by atomic mass is 9.93. The average molecular weight is 490 g/mol. The minimum Gasteiger partial charge on any atom is -0.462 e. The van der Waals surface area contributed by atoms with Gasteiger partial charge in [0.15, 0.2) is 6.29 Å². The molecule has 1 aliphatic heterocycles. The fraction of sp³-hybridized carbons (Fsp3) is 0.962. The van der Waals surface area contributed by atoms with Gasteiger partial charge in [-0.25, -0.2) is 0 Å². The molecule has 8 nitrogen and oxygen atoms in total. The van der Waals surface area contributed by atoms with Crippen LogP contribution in [0.15, 0.2) is 0 Å². The van der Waals surface area contributed by atoms with Gasteiger partial charge in [0.05, 0.1) is 18.1 Å². The van der Waals surface area contributed by atoms with Crippen LogP contribution in [0.4, 0.5) is 0 Å². The van der Waals surface area contributed by atoms with Crippen LogP contribution >= 0.6 is 0 Å². The summed E-state index contributed by atoms with van der Waals surface area (Å²) >= 11 is 0. The number of hydrogen-bond acceptors (Lipinski definition) is 8. The molecule has 3 N–H and O–H groups in total. The largest absolute Gasteiger partial charge is 0.462 e. The number of carbonyl (C=O) groups excluding carboxylic acids is 1. The number of nitrogens with zero attached hydrogens (tertiary/aromatic N) is 1. The molecule has 34 heavy (non-hydrogen) atoms. The van der Waals surface area contributed by atoms with E-state index < -0.39 is 36.0 Å². The van der Waals surface area contributed by atoms with Crippen molar-refractivity contribution in [2.75, 3.05) is 26.8 Å². The maximum absolute atomic E-state index is 12.9. The monoisotopic (exact) mass is 489 g/mol. The van der Waals surface area contributed by atoms with E-state index in [1.54, 1.807) is 6.92 Å². The first-order valence-corrected chi connectivity index (χ1v) is 13.0. The normalized spacial score (nSPS) is 27.5. The van der Waals surface area contributed by atoms with Crippen LogP contribution in [0.1, 0.15) is 80.6 Å². The van der Waals surface area contributed by atoms with Crippen molar-refractivity contribution in [3.05, 3.63) is 0 Å². The lowest BCUT2D eigenvalue weighted by Gasteiger charge is -2.38. The van der Waals surface area contributed by atoms with Gasteiger partial charge in [0.1, 0.15) is 18.3 Å². The SMILES string of the molecule is CC[C@@H](C)CN(C)C(C)C(O)[C@](C)(O)COC(=O)C(C)[C@H](CCCO)O[C@H]1CC(C)CC(C)O1. The standard InChI is InChI=1S/C26H51NO7/c1-9-17(2)15-27(8)21(6)24(29)26(7,31)16-32-25(30)20(5)22(11-10-12-28)34-23-14-18(3)13-19(4)33-23/h17-24,28-29,31H,9-16H2,1-8H3/t17-,18?,19?,20?,21?,22+,23+,24?,26-/m1/s1. The summed E-state index contributed by atoms with van der Waals surface area (Å²) in [7, 11) is 1.92. The van der Waals surface area contributed by atoms with E-state index in [4.69, 9.17) is 14.2 Å². The lowest BCUT2D eigenvalue weighted by Crippen LogP contribution is -2.55. The molecule has 1 aliphatic rings. The first kappa shape index (κ1) is 31.3. The number of likely N-dealkylation sites (N-methyl/N-ethyl adjacent to an activating group) is 1. The molecule has 0 aromatic heterocycles. The van der Waals surface area contributed by atoms with Crippen molar-refractivity contribution in [2.24, 2.45) is 17.8 Å². The number of hydrogen-bond donors (Lipinski definition) is 3. The molecule has 5 unspecified atom stereocenters. The van der Waals surface area contributed by atoms with E-state index in [2.05, 4.69) is 20.8 Å². The Labute approximate surface area is 207 Å². The molecule has 0 bridgehead atoms. The summed E-state index contributed by atoms with van der Waals surface area (Å²) in [5.41, 5.74) is -1.60. The number of aliphatic hydroxyl groups is 3. The minimum absolute atomic E-state index is 0.00289. The first-order valence-electron chi connectivity index (χ1n) is 13.0. The second-order valence-corrected chi connectivity index (χ2v) is 10.9. The molecule has 0 saturated carbocycles. The molecule has 9 atom stereocenters. The molecule has 1 fully saturated rings. The third-order valence-corrected chi connectivity index (χ3v) is 7.21. The van der Waals surface area contributed by atoms with Crippen molar-refractivity contribution in [3.8, 4) is 0 Å². The van der Waals surface area contributed by atoms with Crippen LogP contribution in [0.2, 0.25) is 0 Å². The third-order valence-electron chi connectivity index (χ3n) is 7.21. The molecule has 0 radical (unpaired) electrons. The third kappa shape index (κ3) is 10.1. The number of esters is 1. The number of rotatable bonds is 15. The van der Waals surface area contributed by atoms with E-state index in [0.29, 0.717) is 24.7 Å². The van der Waals surface area contributed by atoms with E-state index >= 15 is 0 Å². The molecule has 202 valence electrons. The number of ether oxygens (including phenoxy) is 3. The second-order valence-electron chi connectivity index (χ2n) is 10.9. The first-order chi connectivity index (χ1) is 15.8. The quantitative estimate of drug-likeness (QED) is 0.301. The predicted molar refractivity (Wildman–Crippen MR) is 132 cm³/mol. The Balaban J connectivity index is 2.72. The maximum atomic E-state index is 12.9. The van der Waals surface area contributed by atoms with Crippen molar-refractivity contribution in [3.63, 3.8) is 0 Å². The Morgan fingerprint density at radius 2 is 1.88 bits per heavy atom. The summed E-state index contributed by atoms with van der Waals surface area (Å²) in [6, 6.07) is -0.312. The van der Waals surface area contributed by atoms with Crippen molar-refractivity contribution < 1.29 is 34.3 Å². The summed E-state index contributed by atoms with van der Waals surface area (Å²) in [6.45, 7) is 14.0. The number of carbonyl (C=O) groups is 1. The zero-order chi connectivity index (χ0) is 26.1. The fourth-order valence-electron chi connectivity index (χ4n) is 4.51. The van der Waals surface area contributed by atoms with Gasteiger partial charge < -0.3 is 34.4 Å².